The van der Waals surface area contributed by atoms with E-state index in [0.717, 1.165) is 28.8 Å². The summed E-state index contributed by atoms with van der Waals surface area (Å²) in [5.41, 5.74) is 2.17. The van der Waals surface area contributed by atoms with Gasteiger partial charge in [0.05, 0.1) is 12.8 Å². The van der Waals surface area contributed by atoms with Gasteiger partial charge in [0.1, 0.15) is 5.75 Å². The molecule has 1 heterocycles. The van der Waals surface area contributed by atoms with Crippen LogP contribution in [0.15, 0.2) is 29.6 Å². The molecule has 0 amide bonds. The summed E-state index contributed by atoms with van der Waals surface area (Å²) in [6.07, 6.45) is 0. The van der Waals surface area contributed by atoms with E-state index >= 15 is 0 Å². The minimum absolute atomic E-state index is 0.799. The monoisotopic (exact) mass is 263 g/mol. The lowest BCUT2D eigenvalue weighted by atomic mass is 10.3. The van der Waals surface area contributed by atoms with E-state index in [1.165, 1.54) is 0 Å². The summed E-state index contributed by atoms with van der Waals surface area (Å²) in [6, 6.07) is 7.96. The lowest BCUT2D eigenvalue weighted by Gasteiger charge is -2.16. The summed E-state index contributed by atoms with van der Waals surface area (Å²) < 4.78 is 5.15. The maximum atomic E-state index is 5.15. The third-order valence-electron chi connectivity index (χ3n) is 2.64. The zero-order valence-corrected chi connectivity index (χ0v) is 11.6. The van der Waals surface area contributed by atoms with Gasteiger partial charge in [0.15, 0.2) is 5.13 Å². The zero-order valence-electron chi connectivity index (χ0n) is 10.8. The SMILES string of the molecule is CNCc1csc(N(C)c2ccc(OC)cc2)n1. The topological polar surface area (TPSA) is 37.4 Å². The predicted octanol–water partition coefficient (Wildman–Crippen LogP) is 2.64. The van der Waals surface area contributed by atoms with E-state index in [-0.39, 0.29) is 0 Å². The molecule has 0 aliphatic heterocycles. The third kappa shape index (κ3) is 2.80. The van der Waals surface area contributed by atoms with Crippen molar-refractivity contribution in [3.05, 3.63) is 35.3 Å². The van der Waals surface area contributed by atoms with E-state index in [1.807, 2.05) is 38.4 Å². The molecule has 0 aliphatic carbocycles. The molecule has 0 saturated heterocycles. The Kier molecular flexibility index (Phi) is 4.17. The van der Waals surface area contributed by atoms with Crippen LogP contribution in [0.4, 0.5) is 10.8 Å². The van der Waals surface area contributed by atoms with Crippen molar-refractivity contribution in [1.29, 1.82) is 0 Å². The average Bonchev–Trinajstić information content (AvgIpc) is 2.87. The molecule has 0 saturated carbocycles. The first kappa shape index (κ1) is 12.9. The van der Waals surface area contributed by atoms with E-state index in [9.17, 15) is 0 Å². The third-order valence-corrected chi connectivity index (χ3v) is 3.61. The second kappa shape index (κ2) is 5.84. The standard InChI is InChI=1S/C13H17N3OS/c1-14-8-10-9-18-13(15-10)16(2)11-4-6-12(17-3)7-5-11/h4-7,9,14H,8H2,1-3H3. The van der Waals surface area contributed by atoms with Crippen LogP contribution in [0, 0.1) is 0 Å². The molecule has 2 rings (SSSR count). The van der Waals surface area contributed by atoms with Gasteiger partial charge < -0.3 is 15.0 Å². The number of nitrogens with zero attached hydrogens (tertiary/aromatic N) is 2. The quantitative estimate of drug-likeness (QED) is 0.900. The van der Waals surface area contributed by atoms with Crippen molar-refractivity contribution in [2.45, 2.75) is 6.54 Å². The molecule has 0 bridgehead atoms. The number of anilines is 2. The van der Waals surface area contributed by atoms with Gasteiger partial charge in [0.25, 0.3) is 0 Å². The largest absolute Gasteiger partial charge is 0.497 e. The van der Waals surface area contributed by atoms with E-state index in [1.54, 1.807) is 18.4 Å². The molecule has 0 fully saturated rings. The molecule has 1 aromatic carbocycles. The number of benzene rings is 1. The second-order valence-corrected chi connectivity index (χ2v) is 4.75. The molecule has 1 aromatic heterocycles. The number of hydrogen-bond donors (Lipinski definition) is 1. The number of ether oxygens (including phenoxy) is 1. The highest BCUT2D eigenvalue weighted by atomic mass is 32.1. The molecule has 5 heteroatoms. The highest BCUT2D eigenvalue weighted by Gasteiger charge is 2.08. The van der Waals surface area contributed by atoms with Gasteiger partial charge in [0.2, 0.25) is 0 Å². The van der Waals surface area contributed by atoms with E-state index in [4.69, 9.17) is 4.74 Å². The van der Waals surface area contributed by atoms with Crippen LogP contribution in [0.25, 0.3) is 0 Å². The van der Waals surface area contributed by atoms with Crippen molar-refractivity contribution in [3.63, 3.8) is 0 Å². The van der Waals surface area contributed by atoms with Crippen LogP contribution < -0.4 is 15.0 Å². The summed E-state index contributed by atoms with van der Waals surface area (Å²) in [5, 5.41) is 6.17. The fraction of sp³-hybridized carbons (Fsp3) is 0.308. The molecular weight excluding hydrogens is 246 g/mol. The number of nitrogens with one attached hydrogen (secondary N) is 1. The lowest BCUT2D eigenvalue weighted by Crippen LogP contribution is -2.10. The minimum atomic E-state index is 0.799. The Morgan fingerprint density at radius 3 is 2.67 bits per heavy atom. The van der Waals surface area contributed by atoms with Crippen molar-refractivity contribution < 1.29 is 4.74 Å². The highest BCUT2D eigenvalue weighted by Crippen LogP contribution is 2.28. The molecule has 0 spiro atoms. The maximum Gasteiger partial charge on any atom is 0.189 e. The smallest absolute Gasteiger partial charge is 0.189 e. The van der Waals surface area contributed by atoms with Crippen LogP contribution in [0.1, 0.15) is 5.69 Å². The summed E-state index contributed by atoms with van der Waals surface area (Å²) in [7, 11) is 5.61. The van der Waals surface area contributed by atoms with Crippen LogP contribution in [0.2, 0.25) is 0 Å². The Morgan fingerprint density at radius 2 is 2.06 bits per heavy atom. The van der Waals surface area contributed by atoms with Gasteiger partial charge >= 0.3 is 0 Å². The van der Waals surface area contributed by atoms with Gasteiger partial charge in [-0.05, 0) is 31.3 Å². The molecule has 4 nitrogen and oxygen atoms in total. The molecule has 0 unspecified atom stereocenters. The molecule has 0 atom stereocenters. The maximum absolute atomic E-state index is 5.15. The van der Waals surface area contributed by atoms with Gasteiger partial charge in [-0.1, -0.05) is 0 Å². The molecule has 0 aliphatic rings. The van der Waals surface area contributed by atoms with Gasteiger partial charge in [-0.15, -0.1) is 11.3 Å². The number of methoxy groups -OCH3 is 1. The number of rotatable bonds is 5. The zero-order chi connectivity index (χ0) is 13.0. The fourth-order valence-electron chi connectivity index (χ4n) is 1.63. The molecule has 1 N–H and O–H groups in total. The molecule has 0 radical (unpaired) electrons. The summed E-state index contributed by atoms with van der Waals surface area (Å²) in [4.78, 5) is 6.64. The van der Waals surface area contributed by atoms with Crippen LogP contribution >= 0.6 is 11.3 Å². The fourth-order valence-corrected chi connectivity index (χ4v) is 2.44. The minimum Gasteiger partial charge on any atom is -0.497 e. The Labute approximate surface area is 111 Å². The summed E-state index contributed by atoms with van der Waals surface area (Å²) in [6.45, 7) is 0.799. The van der Waals surface area contributed by atoms with Crippen molar-refractivity contribution in [3.8, 4) is 5.75 Å². The normalized spacial score (nSPS) is 10.4. The molecule has 2 aromatic rings. The molecule has 18 heavy (non-hydrogen) atoms. The van der Waals surface area contributed by atoms with Gasteiger partial charge in [-0.3, -0.25) is 0 Å². The first-order chi connectivity index (χ1) is 8.74. The van der Waals surface area contributed by atoms with Crippen LogP contribution in [-0.2, 0) is 6.54 Å². The Hall–Kier alpha value is -1.59. The van der Waals surface area contributed by atoms with E-state index < -0.39 is 0 Å². The van der Waals surface area contributed by atoms with Crippen LogP contribution in [-0.4, -0.2) is 26.2 Å². The molecular formula is C13H17N3OS. The predicted molar refractivity (Wildman–Crippen MR) is 75.9 cm³/mol. The second-order valence-electron chi connectivity index (χ2n) is 3.91. The van der Waals surface area contributed by atoms with Gasteiger partial charge in [0, 0.05) is 24.7 Å². The first-order valence-electron chi connectivity index (χ1n) is 5.71. The Bertz CT molecular complexity index is 495. The summed E-state index contributed by atoms with van der Waals surface area (Å²) >= 11 is 1.65. The first-order valence-corrected chi connectivity index (χ1v) is 6.59. The van der Waals surface area contributed by atoms with Crippen LogP contribution in [0.5, 0.6) is 5.75 Å². The van der Waals surface area contributed by atoms with Crippen molar-refractivity contribution >= 4 is 22.2 Å². The van der Waals surface area contributed by atoms with E-state index in [0.29, 0.717) is 0 Å². The Morgan fingerprint density at radius 1 is 1.33 bits per heavy atom. The molecule has 96 valence electrons. The lowest BCUT2D eigenvalue weighted by molar-refractivity contribution is 0.415. The van der Waals surface area contributed by atoms with Gasteiger partial charge in [-0.2, -0.15) is 0 Å². The van der Waals surface area contributed by atoms with E-state index in [2.05, 4.69) is 20.6 Å². The average molecular weight is 263 g/mol. The number of hydrogen-bond acceptors (Lipinski definition) is 5. The van der Waals surface area contributed by atoms with Crippen LogP contribution in [0.3, 0.4) is 0 Å². The summed E-state index contributed by atoms with van der Waals surface area (Å²) in [5.74, 6) is 0.863. The highest BCUT2D eigenvalue weighted by molar-refractivity contribution is 7.13. The van der Waals surface area contributed by atoms with Gasteiger partial charge in [-0.25, -0.2) is 4.98 Å². The van der Waals surface area contributed by atoms with Crippen molar-refractivity contribution in [1.82, 2.24) is 10.3 Å². The van der Waals surface area contributed by atoms with Crippen molar-refractivity contribution in [2.75, 3.05) is 26.1 Å². The van der Waals surface area contributed by atoms with Crippen molar-refractivity contribution in [2.24, 2.45) is 0 Å². The Balaban J connectivity index is 2.15. The number of aromatic nitrogens is 1. The number of thiazole rings is 1.